The van der Waals surface area contributed by atoms with Gasteiger partial charge in [0.25, 0.3) is 0 Å². The van der Waals surface area contributed by atoms with Crippen molar-refractivity contribution in [3.05, 3.63) is 58.4 Å². The monoisotopic (exact) mass is 395 g/mol. The summed E-state index contributed by atoms with van der Waals surface area (Å²) in [7, 11) is 0. The van der Waals surface area contributed by atoms with Crippen LogP contribution in [0.5, 0.6) is 5.75 Å². The van der Waals surface area contributed by atoms with E-state index in [-0.39, 0.29) is 42.8 Å². The number of aromatic hydroxyl groups is 1. The summed E-state index contributed by atoms with van der Waals surface area (Å²) in [4.78, 5) is 27.7. The fourth-order valence-corrected chi connectivity index (χ4v) is 2.75. The average molecular weight is 395 g/mol. The molecular formula is C20H20F3NO4. The summed E-state index contributed by atoms with van der Waals surface area (Å²) >= 11 is 0. The Morgan fingerprint density at radius 1 is 1.14 bits per heavy atom. The van der Waals surface area contributed by atoms with Gasteiger partial charge in [0.05, 0.1) is 18.6 Å². The van der Waals surface area contributed by atoms with E-state index < -0.39 is 29.2 Å². The second kappa shape index (κ2) is 8.86. The van der Waals surface area contributed by atoms with E-state index in [0.717, 1.165) is 6.07 Å². The molecule has 1 aromatic heterocycles. The second-order valence-electron chi connectivity index (χ2n) is 6.17. The zero-order valence-corrected chi connectivity index (χ0v) is 15.5. The van der Waals surface area contributed by atoms with E-state index in [1.807, 2.05) is 0 Å². The molecule has 0 unspecified atom stereocenters. The molecule has 0 spiro atoms. The van der Waals surface area contributed by atoms with Gasteiger partial charge < -0.3 is 9.84 Å². The summed E-state index contributed by atoms with van der Waals surface area (Å²) in [6.45, 7) is 3.39. The maximum Gasteiger partial charge on any atom is 0.416 e. The maximum absolute atomic E-state index is 13.3. The minimum Gasteiger partial charge on any atom is -0.506 e. The van der Waals surface area contributed by atoms with Gasteiger partial charge in [-0.1, -0.05) is 12.1 Å². The molecule has 0 fully saturated rings. The molecule has 0 aliphatic rings. The Morgan fingerprint density at radius 2 is 1.86 bits per heavy atom. The van der Waals surface area contributed by atoms with Crippen molar-refractivity contribution in [1.82, 2.24) is 4.98 Å². The summed E-state index contributed by atoms with van der Waals surface area (Å²) in [6, 6.07) is 6.47. The smallest absolute Gasteiger partial charge is 0.416 e. The third kappa shape index (κ3) is 5.31. The topological polar surface area (TPSA) is 76.5 Å². The lowest BCUT2D eigenvalue weighted by atomic mass is 9.96. The quantitative estimate of drug-likeness (QED) is 0.561. The molecule has 1 aromatic carbocycles. The van der Waals surface area contributed by atoms with Gasteiger partial charge in [0, 0.05) is 18.5 Å². The first kappa shape index (κ1) is 21.4. The van der Waals surface area contributed by atoms with Crippen molar-refractivity contribution in [3.8, 4) is 5.75 Å². The third-order valence-corrected chi connectivity index (χ3v) is 4.13. The molecule has 5 nitrogen and oxygen atoms in total. The number of rotatable bonds is 7. The standard InChI is InChI=1S/C20H20F3NO4/c1-3-28-18(27)10-9-17(26)19-16(25)8-7-13(24-19)11-14-12(2)5-4-6-15(14)20(21,22)23/h4-8,25H,3,9-11H2,1-2H3. The van der Waals surface area contributed by atoms with Crippen LogP contribution in [0.1, 0.15) is 52.6 Å². The van der Waals surface area contributed by atoms with Gasteiger partial charge in [0.15, 0.2) is 5.78 Å². The number of ether oxygens (including phenoxy) is 1. The second-order valence-corrected chi connectivity index (χ2v) is 6.17. The maximum atomic E-state index is 13.3. The average Bonchev–Trinajstić information content (AvgIpc) is 2.62. The van der Waals surface area contributed by atoms with E-state index in [1.165, 1.54) is 18.2 Å². The number of pyridine rings is 1. The van der Waals surface area contributed by atoms with Crippen LogP contribution < -0.4 is 0 Å². The first-order chi connectivity index (χ1) is 13.1. The molecule has 0 radical (unpaired) electrons. The lowest BCUT2D eigenvalue weighted by Crippen LogP contribution is -2.13. The van der Waals surface area contributed by atoms with Crippen molar-refractivity contribution in [2.24, 2.45) is 0 Å². The third-order valence-electron chi connectivity index (χ3n) is 4.13. The number of esters is 1. The van der Waals surface area contributed by atoms with Crippen LogP contribution in [-0.4, -0.2) is 28.4 Å². The number of benzene rings is 1. The first-order valence-corrected chi connectivity index (χ1v) is 8.66. The lowest BCUT2D eigenvalue weighted by Gasteiger charge is -2.15. The molecule has 1 heterocycles. The number of hydrogen-bond donors (Lipinski definition) is 1. The molecular weight excluding hydrogens is 375 g/mol. The molecule has 2 aromatic rings. The summed E-state index contributed by atoms with van der Waals surface area (Å²) in [5.74, 6) is -1.53. The molecule has 8 heteroatoms. The van der Waals surface area contributed by atoms with Crippen LogP contribution in [0, 0.1) is 6.92 Å². The minimum atomic E-state index is -4.52. The van der Waals surface area contributed by atoms with Gasteiger partial charge in [0.1, 0.15) is 11.4 Å². The fraction of sp³-hybridized carbons (Fsp3) is 0.350. The van der Waals surface area contributed by atoms with Crippen LogP contribution in [-0.2, 0) is 22.1 Å². The lowest BCUT2D eigenvalue weighted by molar-refractivity contribution is -0.143. The Morgan fingerprint density at radius 3 is 2.50 bits per heavy atom. The van der Waals surface area contributed by atoms with Crippen LogP contribution in [0.25, 0.3) is 0 Å². The van der Waals surface area contributed by atoms with Crippen LogP contribution in [0.15, 0.2) is 30.3 Å². The fourth-order valence-electron chi connectivity index (χ4n) is 2.75. The van der Waals surface area contributed by atoms with Gasteiger partial charge in [-0.2, -0.15) is 13.2 Å². The van der Waals surface area contributed by atoms with Crippen LogP contribution in [0.4, 0.5) is 13.2 Å². The van der Waals surface area contributed by atoms with Gasteiger partial charge in [-0.25, -0.2) is 4.98 Å². The summed E-state index contributed by atoms with van der Waals surface area (Å²) < 4.78 is 44.6. The van der Waals surface area contributed by atoms with Gasteiger partial charge in [-0.3, -0.25) is 9.59 Å². The number of Topliss-reactive ketones (excluding diaryl/α,β-unsaturated/α-hetero) is 1. The van der Waals surface area contributed by atoms with Crippen LogP contribution in [0.2, 0.25) is 0 Å². The number of alkyl halides is 3. The van der Waals surface area contributed by atoms with E-state index in [0.29, 0.717) is 5.56 Å². The zero-order chi connectivity index (χ0) is 20.9. The summed E-state index contributed by atoms with van der Waals surface area (Å²) in [5, 5.41) is 9.90. The number of halogens is 3. The molecule has 0 saturated carbocycles. The van der Waals surface area contributed by atoms with Crippen molar-refractivity contribution in [1.29, 1.82) is 0 Å². The van der Waals surface area contributed by atoms with Gasteiger partial charge in [-0.05, 0) is 43.2 Å². The molecule has 0 bridgehead atoms. The molecule has 0 aliphatic carbocycles. The van der Waals surface area contributed by atoms with Crippen molar-refractivity contribution >= 4 is 11.8 Å². The SMILES string of the molecule is CCOC(=O)CCC(=O)c1nc(Cc2c(C)cccc2C(F)(F)F)ccc1O. The Labute approximate surface area is 160 Å². The molecule has 28 heavy (non-hydrogen) atoms. The first-order valence-electron chi connectivity index (χ1n) is 8.66. The molecule has 1 N–H and O–H groups in total. The summed E-state index contributed by atoms with van der Waals surface area (Å²) in [5.41, 5.74) is -0.336. The Balaban J connectivity index is 2.27. The Kier molecular flexibility index (Phi) is 6.77. The van der Waals surface area contributed by atoms with Gasteiger partial charge >= 0.3 is 12.1 Å². The van der Waals surface area contributed by atoms with E-state index in [4.69, 9.17) is 4.74 Å². The molecule has 0 amide bonds. The predicted molar refractivity (Wildman–Crippen MR) is 95.1 cm³/mol. The van der Waals surface area contributed by atoms with Crippen molar-refractivity contribution in [2.45, 2.75) is 39.3 Å². The molecule has 0 saturated heterocycles. The van der Waals surface area contributed by atoms with Gasteiger partial charge in [-0.15, -0.1) is 0 Å². The molecule has 0 aliphatic heterocycles. The van der Waals surface area contributed by atoms with E-state index in [9.17, 15) is 27.9 Å². The van der Waals surface area contributed by atoms with Crippen LogP contribution >= 0.6 is 0 Å². The van der Waals surface area contributed by atoms with E-state index >= 15 is 0 Å². The zero-order valence-electron chi connectivity index (χ0n) is 15.5. The number of carbonyl (C=O) groups is 2. The van der Waals surface area contributed by atoms with Crippen molar-refractivity contribution in [3.63, 3.8) is 0 Å². The number of carbonyl (C=O) groups excluding carboxylic acids is 2. The highest BCUT2D eigenvalue weighted by molar-refractivity contribution is 5.98. The Hall–Kier alpha value is -2.90. The van der Waals surface area contributed by atoms with Crippen LogP contribution in [0.3, 0.4) is 0 Å². The normalized spacial score (nSPS) is 11.3. The minimum absolute atomic E-state index is 0.0538. The Bertz CT molecular complexity index is 878. The van der Waals surface area contributed by atoms with Gasteiger partial charge in [0.2, 0.25) is 0 Å². The predicted octanol–water partition coefficient (Wildman–Crippen LogP) is 4.23. The highest BCUT2D eigenvalue weighted by atomic mass is 19.4. The number of nitrogens with zero attached hydrogens (tertiary/aromatic N) is 1. The highest BCUT2D eigenvalue weighted by Gasteiger charge is 2.33. The summed E-state index contributed by atoms with van der Waals surface area (Å²) in [6.07, 6.45) is -5.06. The molecule has 150 valence electrons. The van der Waals surface area contributed by atoms with Crippen molar-refractivity contribution < 1.29 is 32.6 Å². The number of ketones is 1. The molecule has 2 rings (SSSR count). The van der Waals surface area contributed by atoms with E-state index in [2.05, 4.69) is 4.98 Å². The highest BCUT2D eigenvalue weighted by Crippen LogP contribution is 2.34. The number of hydrogen-bond acceptors (Lipinski definition) is 5. The number of aryl methyl sites for hydroxylation is 1. The largest absolute Gasteiger partial charge is 0.506 e. The van der Waals surface area contributed by atoms with E-state index in [1.54, 1.807) is 19.9 Å². The van der Waals surface area contributed by atoms with Crippen molar-refractivity contribution in [2.75, 3.05) is 6.61 Å². The number of aromatic nitrogens is 1. The molecule has 0 atom stereocenters.